The minimum absolute atomic E-state index is 0.0383. The molecule has 4 aromatic heterocycles. The van der Waals surface area contributed by atoms with Gasteiger partial charge in [0.05, 0.1) is 11.3 Å². The van der Waals surface area contributed by atoms with Crippen LogP contribution in [0.4, 0.5) is 0 Å². The number of Topliss-reactive ketones (excluding diaryl/α,β-unsaturated/α-hetero) is 1. The molecule has 0 atom stereocenters. The Balaban J connectivity index is 1.32. The average Bonchev–Trinajstić information content (AvgIpc) is 3.52. The highest BCUT2D eigenvalue weighted by atomic mass is 32.1. The summed E-state index contributed by atoms with van der Waals surface area (Å²) in [7, 11) is 0. The van der Waals surface area contributed by atoms with Crippen molar-refractivity contribution in [1.82, 2.24) is 19.9 Å². The Morgan fingerprint density at radius 3 is 2.71 bits per heavy atom. The molecule has 0 aromatic carbocycles. The van der Waals surface area contributed by atoms with Gasteiger partial charge in [-0.2, -0.15) is 4.98 Å². The van der Waals surface area contributed by atoms with E-state index in [9.17, 15) is 9.59 Å². The second-order valence-corrected chi connectivity index (χ2v) is 7.94. The fourth-order valence-corrected chi connectivity index (χ4v) is 3.87. The van der Waals surface area contributed by atoms with Crippen molar-refractivity contribution < 1.29 is 23.4 Å². The van der Waals surface area contributed by atoms with Crippen LogP contribution in [0, 0.1) is 20.8 Å². The van der Waals surface area contributed by atoms with E-state index < -0.39 is 5.97 Å². The predicted molar refractivity (Wildman–Crippen MR) is 111 cm³/mol. The molecule has 0 aliphatic carbocycles. The van der Waals surface area contributed by atoms with E-state index in [1.165, 1.54) is 11.3 Å². The summed E-state index contributed by atoms with van der Waals surface area (Å²) < 4.78 is 17.3. The van der Waals surface area contributed by atoms with Gasteiger partial charge in [0, 0.05) is 29.4 Å². The number of rotatable bonds is 8. The molecule has 31 heavy (non-hydrogen) atoms. The third-order valence-electron chi connectivity index (χ3n) is 4.69. The van der Waals surface area contributed by atoms with Crippen molar-refractivity contribution in [2.24, 2.45) is 0 Å². The molecule has 4 heterocycles. The molecule has 0 saturated carbocycles. The highest BCUT2D eigenvalue weighted by Crippen LogP contribution is 2.22. The van der Waals surface area contributed by atoms with Gasteiger partial charge >= 0.3 is 5.97 Å². The molecule has 160 valence electrons. The van der Waals surface area contributed by atoms with Crippen LogP contribution in [0.15, 0.2) is 38.7 Å². The molecule has 0 radical (unpaired) electrons. The Bertz CT molecular complexity index is 1220. The van der Waals surface area contributed by atoms with Gasteiger partial charge < -0.3 is 13.8 Å². The molecule has 0 saturated heterocycles. The molecule has 0 bridgehead atoms. The van der Waals surface area contributed by atoms with Crippen molar-refractivity contribution >= 4 is 23.1 Å². The number of aryl methyl sites for hydroxylation is 3. The van der Waals surface area contributed by atoms with E-state index in [-0.39, 0.29) is 25.2 Å². The lowest BCUT2D eigenvalue weighted by Gasteiger charge is -2.06. The second kappa shape index (κ2) is 8.68. The summed E-state index contributed by atoms with van der Waals surface area (Å²) in [6.45, 7) is 5.14. The first kappa shape index (κ1) is 20.7. The number of ketones is 1. The Hall–Kier alpha value is -3.53. The number of hydrogen-bond donors (Lipinski definition) is 0. The molecule has 9 nitrogen and oxygen atoms in total. The Morgan fingerprint density at radius 1 is 1.16 bits per heavy atom. The normalized spacial score (nSPS) is 11.1. The summed E-state index contributed by atoms with van der Waals surface area (Å²) in [6, 6.07) is 7.32. The van der Waals surface area contributed by atoms with Crippen LogP contribution in [0.5, 0.6) is 0 Å². The molecule has 0 aliphatic rings. The number of esters is 1. The molecular weight excluding hydrogens is 420 g/mol. The summed E-state index contributed by atoms with van der Waals surface area (Å²) in [5, 5.41) is 9.82. The highest BCUT2D eigenvalue weighted by Gasteiger charge is 2.20. The van der Waals surface area contributed by atoms with E-state index >= 15 is 0 Å². The number of hydrogen-bond acceptors (Lipinski definition) is 9. The molecule has 4 rings (SSSR count). The van der Waals surface area contributed by atoms with E-state index in [4.69, 9.17) is 13.8 Å². The van der Waals surface area contributed by atoms with Crippen LogP contribution >= 0.6 is 11.3 Å². The minimum atomic E-state index is -0.509. The number of ether oxygens (including phenoxy) is 1. The molecule has 0 amide bonds. The molecular formula is C21H20N4O5S. The van der Waals surface area contributed by atoms with Gasteiger partial charge in [-0.25, -0.2) is 0 Å². The van der Waals surface area contributed by atoms with Crippen LogP contribution in [0.1, 0.15) is 39.8 Å². The lowest BCUT2D eigenvalue weighted by molar-refractivity contribution is -0.142. The molecule has 0 unspecified atom stereocenters. The quantitative estimate of drug-likeness (QED) is 0.300. The molecule has 0 fully saturated rings. The summed E-state index contributed by atoms with van der Waals surface area (Å²) in [5.41, 5.74) is 2.01. The summed E-state index contributed by atoms with van der Waals surface area (Å²) in [4.78, 5) is 29.8. The van der Waals surface area contributed by atoms with E-state index in [2.05, 4.69) is 15.3 Å². The zero-order chi connectivity index (χ0) is 22.0. The number of carbonyl (C=O) groups excluding carboxylic acids is 2. The zero-order valence-corrected chi connectivity index (χ0v) is 18.1. The van der Waals surface area contributed by atoms with E-state index in [0.717, 1.165) is 10.6 Å². The largest absolute Gasteiger partial charge is 0.457 e. The van der Waals surface area contributed by atoms with Crippen molar-refractivity contribution in [1.29, 1.82) is 0 Å². The maximum absolute atomic E-state index is 12.6. The zero-order valence-electron chi connectivity index (χ0n) is 17.2. The third kappa shape index (κ3) is 4.48. The van der Waals surface area contributed by atoms with Gasteiger partial charge in [-0.3, -0.25) is 14.2 Å². The van der Waals surface area contributed by atoms with Crippen molar-refractivity contribution in [3.05, 3.63) is 58.2 Å². The molecule has 4 aromatic rings. The number of nitrogens with zero attached hydrogens (tertiary/aromatic N) is 4. The number of aromatic nitrogens is 4. The van der Waals surface area contributed by atoms with Gasteiger partial charge in [0.25, 0.3) is 0 Å². The maximum atomic E-state index is 12.6. The van der Waals surface area contributed by atoms with Crippen LogP contribution in [0.2, 0.25) is 0 Å². The topological polar surface area (TPSA) is 113 Å². The summed E-state index contributed by atoms with van der Waals surface area (Å²) in [5.74, 6) is 1.32. The van der Waals surface area contributed by atoms with Gasteiger partial charge in [0.2, 0.25) is 17.5 Å². The predicted octanol–water partition coefficient (Wildman–Crippen LogP) is 3.86. The van der Waals surface area contributed by atoms with Crippen molar-refractivity contribution in [3.63, 3.8) is 0 Å². The third-order valence-corrected chi connectivity index (χ3v) is 5.56. The van der Waals surface area contributed by atoms with Gasteiger partial charge in [-0.1, -0.05) is 16.4 Å². The first-order chi connectivity index (χ1) is 14.9. The standard InChI is InChI=1S/C21H20N4O5S/c1-12-9-15(14(3)25(12)18-10-13(2)29-23-18)16(26)11-28-20(27)7-6-19-22-21(24-30-19)17-5-4-8-31-17/h4-5,8-10H,6-7,11H2,1-3H3. The number of carbonyl (C=O) groups is 2. The van der Waals surface area contributed by atoms with Crippen molar-refractivity contribution in [3.8, 4) is 16.5 Å². The Morgan fingerprint density at radius 2 is 2.00 bits per heavy atom. The first-order valence-corrected chi connectivity index (χ1v) is 10.5. The van der Waals surface area contributed by atoms with Crippen LogP contribution in [-0.4, -0.2) is 38.2 Å². The summed E-state index contributed by atoms with van der Waals surface area (Å²) in [6.07, 6.45) is 0.280. The van der Waals surface area contributed by atoms with Crippen LogP contribution in [0.25, 0.3) is 16.5 Å². The minimum Gasteiger partial charge on any atom is -0.457 e. The monoisotopic (exact) mass is 440 g/mol. The average molecular weight is 440 g/mol. The van der Waals surface area contributed by atoms with Gasteiger partial charge in [-0.15, -0.1) is 11.3 Å². The van der Waals surface area contributed by atoms with Crippen LogP contribution in [0.3, 0.4) is 0 Å². The fraction of sp³-hybridized carbons (Fsp3) is 0.286. The van der Waals surface area contributed by atoms with E-state index in [0.29, 0.717) is 34.6 Å². The van der Waals surface area contributed by atoms with Crippen LogP contribution in [-0.2, 0) is 16.0 Å². The Kier molecular flexibility index (Phi) is 5.81. The van der Waals surface area contributed by atoms with Crippen LogP contribution < -0.4 is 0 Å². The molecule has 0 N–H and O–H groups in total. The maximum Gasteiger partial charge on any atom is 0.306 e. The molecule has 10 heteroatoms. The SMILES string of the molecule is Cc1cc(-n2c(C)cc(C(=O)COC(=O)CCc3nc(-c4cccs4)no3)c2C)no1. The smallest absolute Gasteiger partial charge is 0.306 e. The van der Waals surface area contributed by atoms with Gasteiger partial charge in [-0.05, 0) is 38.3 Å². The van der Waals surface area contributed by atoms with E-state index in [1.54, 1.807) is 19.1 Å². The van der Waals surface area contributed by atoms with E-state index in [1.807, 2.05) is 35.9 Å². The highest BCUT2D eigenvalue weighted by molar-refractivity contribution is 7.13. The van der Waals surface area contributed by atoms with Gasteiger partial charge in [0.1, 0.15) is 5.76 Å². The Labute approximate surface area is 181 Å². The first-order valence-electron chi connectivity index (χ1n) is 9.60. The molecule has 0 aliphatic heterocycles. The lowest BCUT2D eigenvalue weighted by Crippen LogP contribution is -2.15. The number of thiophene rings is 1. The second-order valence-electron chi connectivity index (χ2n) is 6.99. The van der Waals surface area contributed by atoms with Gasteiger partial charge in [0.15, 0.2) is 12.4 Å². The lowest BCUT2D eigenvalue weighted by atomic mass is 10.1. The molecule has 0 spiro atoms. The van der Waals surface area contributed by atoms with Crippen molar-refractivity contribution in [2.75, 3.05) is 6.61 Å². The fourth-order valence-electron chi connectivity index (χ4n) is 3.22. The summed E-state index contributed by atoms with van der Waals surface area (Å²) >= 11 is 1.50. The van der Waals surface area contributed by atoms with Crippen molar-refractivity contribution in [2.45, 2.75) is 33.6 Å².